The van der Waals surface area contributed by atoms with Crippen LogP contribution in [-0.2, 0) is 9.84 Å². The van der Waals surface area contributed by atoms with Crippen molar-refractivity contribution in [2.75, 3.05) is 11.5 Å². The van der Waals surface area contributed by atoms with Crippen molar-refractivity contribution in [3.8, 4) is 0 Å². The van der Waals surface area contributed by atoms with E-state index in [2.05, 4.69) is 0 Å². The van der Waals surface area contributed by atoms with Crippen molar-refractivity contribution < 1.29 is 12.8 Å². The van der Waals surface area contributed by atoms with Crippen molar-refractivity contribution in [3.63, 3.8) is 0 Å². The fraction of sp³-hybridized carbons (Fsp3) is 1.00. The fourth-order valence-corrected chi connectivity index (χ4v) is 2.50. The summed E-state index contributed by atoms with van der Waals surface area (Å²) in [6, 6.07) is -0.796. The van der Waals surface area contributed by atoms with E-state index in [4.69, 9.17) is 5.73 Å². The molecule has 5 heteroatoms. The average Bonchev–Trinajstić information content (AvgIpc) is 1.79. The summed E-state index contributed by atoms with van der Waals surface area (Å²) in [6.45, 7) is 0. The first kappa shape index (κ1) is 6.95. The lowest BCUT2D eigenvalue weighted by Gasteiger charge is -1.98. The van der Waals surface area contributed by atoms with Gasteiger partial charge in [0.05, 0.1) is 17.5 Å². The second-order valence-electron chi connectivity index (χ2n) is 2.26. The Morgan fingerprint density at radius 1 is 1.44 bits per heavy atom. The summed E-state index contributed by atoms with van der Waals surface area (Å²) >= 11 is 0. The molecule has 1 rings (SSSR count). The van der Waals surface area contributed by atoms with Gasteiger partial charge in [0.1, 0.15) is 6.17 Å². The van der Waals surface area contributed by atoms with Crippen LogP contribution in [0, 0.1) is 0 Å². The van der Waals surface area contributed by atoms with Crippen molar-refractivity contribution >= 4 is 9.84 Å². The minimum atomic E-state index is -3.14. The average molecular weight is 153 g/mol. The van der Waals surface area contributed by atoms with Gasteiger partial charge in [0.25, 0.3) is 0 Å². The van der Waals surface area contributed by atoms with E-state index in [0.29, 0.717) is 0 Å². The second-order valence-corrected chi connectivity index (χ2v) is 4.41. The predicted molar refractivity (Wildman–Crippen MR) is 31.5 cm³/mol. The lowest BCUT2D eigenvalue weighted by Crippen LogP contribution is -2.29. The zero-order chi connectivity index (χ0) is 7.07. The molecule has 0 aromatic rings. The van der Waals surface area contributed by atoms with Crippen LogP contribution in [0.2, 0.25) is 0 Å². The molecule has 9 heavy (non-hydrogen) atoms. The Bertz CT molecular complexity index is 185. The third-order valence-corrected chi connectivity index (χ3v) is 3.04. The Morgan fingerprint density at radius 2 is 2.00 bits per heavy atom. The van der Waals surface area contributed by atoms with E-state index in [-0.39, 0.29) is 5.75 Å². The molecular formula is C4H8FNO2S. The molecule has 0 bridgehead atoms. The third-order valence-electron chi connectivity index (χ3n) is 1.32. The molecule has 0 aromatic carbocycles. The van der Waals surface area contributed by atoms with Gasteiger partial charge in [-0.05, 0) is 0 Å². The molecule has 0 amide bonds. The van der Waals surface area contributed by atoms with Crippen molar-refractivity contribution in [1.29, 1.82) is 0 Å². The highest BCUT2D eigenvalue weighted by atomic mass is 32.2. The summed E-state index contributed by atoms with van der Waals surface area (Å²) in [5.41, 5.74) is 5.10. The van der Waals surface area contributed by atoms with Crippen LogP contribution in [0.25, 0.3) is 0 Å². The van der Waals surface area contributed by atoms with Gasteiger partial charge >= 0.3 is 0 Å². The lowest BCUT2D eigenvalue weighted by molar-refractivity contribution is 0.336. The normalized spacial score (nSPS) is 41.1. The van der Waals surface area contributed by atoms with E-state index < -0.39 is 27.8 Å². The van der Waals surface area contributed by atoms with E-state index in [1.165, 1.54) is 0 Å². The minimum absolute atomic E-state index is 0.200. The van der Waals surface area contributed by atoms with Crippen LogP contribution in [0.3, 0.4) is 0 Å². The van der Waals surface area contributed by atoms with Gasteiger partial charge in [-0.15, -0.1) is 0 Å². The summed E-state index contributed by atoms with van der Waals surface area (Å²) in [4.78, 5) is 0. The van der Waals surface area contributed by atoms with Crippen LogP contribution in [0.1, 0.15) is 0 Å². The Balaban J connectivity index is 2.77. The summed E-state index contributed by atoms with van der Waals surface area (Å²) in [5.74, 6) is -0.595. The smallest absolute Gasteiger partial charge is 0.154 e. The molecular weight excluding hydrogens is 145 g/mol. The van der Waals surface area contributed by atoms with E-state index in [0.717, 1.165) is 0 Å². The Labute approximate surface area is 53.0 Å². The number of hydrogen-bond acceptors (Lipinski definition) is 3. The molecule has 2 N–H and O–H groups in total. The molecule has 0 radical (unpaired) electrons. The molecule has 1 fully saturated rings. The zero-order valence-electron chi connectivity index (χ0n) is 4.75. The van der Waals surface area contributed by atoms with Crippen LogP contribution in [0.5, 0.6) is 0 Å². The fourth-order valence-electron chi connectivity index (χ4n) is 0.832. The highest BCUT2D eigenvalue weighted by Crippen LogP contribution is 2.12. The molecule has 1 aliphatic heterocycles. The molecule has 2 unspecified atom stereocenters. The second kappa shape index (κ2) is 1.91. The molecule has 1 heterocycles. The number of rotatable bonds is 0. The van der Waals surface area contributed by atoms with Crippen molar-refractivity contribution in [2.24, 2.45) is 5.73 Å². The van der Waals surface area contributed by atoms with E-state index in [9.17, 15) is 12.8 Å². The molecule has 1 aliphatic rings. The first-order valence-electron chi connectivity index (χ1n) is 2.61. The van der Waals surface area contributed by atoms with Gasteiger partial charge in [0.15, 0.2) is 9.84 Å². The van der Waals surface area contributed by atoms with Crippen LogP contribution >= 0.6 is 0 Å². The molecule has 0 aliphatic carbocycles. The van der Waals surface area contributed by atoms with Crippen molar-refractivity contribution in [3.05, 3.63) is 0 Å². The van der Waals surface area contributed by atoms with E-state index in [1.54, 1.807) is 0 Å². The molecule has 3 nitrogen and oxygen atoms in total. The number of sulfone groups is 1. The van der Waals surface area contributed by atoms with E-state index >= 15 is 0 Å². The van der Waals surface area contributed by atoms with Crippen molar-refractivity contribution in [1.82, 2.24) is 0 Å². The van der Waals surface area contributed by atoms with Gasteiger partial charge in [0, 0.05) is 0 Å². The van der Waals surface area contributed by atoms with Crippen LogP contribution in [0.4, 0.5) is 4.39 Å². The van der Waals surface area contributed by atoms with Gasteiger partial charge in [-0.1, -0.05) is 0 Å². The molecule has 0 spiro atoms. The van der Waals surface area contributed by atoms with Crippen LogP contribution in [-0.4, -0.2) is 32.1 Å². The minimum Gasteiger partial charge on any atom is -0.324 e. The van der Waals surface area contributed by atoms with Crippen molar-refractivity contribution in [2.45, 2.75) is 12.2 Å². The quantitative estimate of drug-likeness (QED) is 0.489. The number of nitrogens with two attached hydrogens (primary N) is 1. The summed E-state index contributed by atoms with van der Waals surface area (Å²) in [6.07, 6.45) is -1.35. The first-order chi connectivity index (χ1) is 4.01. The lowest BCUT2D eigenvalue weighted by atomic mass is 10.3. The predicted octanol–water partition coefficient (Wildman–Crippen LogP) is -0.920. The molecule has 0 aromatic heterocycles. The van der Waals surface area contributed by atoms with Crippen LogP contribution < -0.4 is 5.73 Å². The van der Waals surface area contributed by atoms with Gasteiger partial charge in [-0.25, -0.2) is 12.8 Å². The maximum absolute atomic E-state index is 12.3. The van der Waals surface area contributed by atoms with Gasteiger partial charge in [-0.3, -0.25) is 0 Å². The zero-order valence-corrected chi connectivity index (χ0v) is 5.57. The monoisotopic (exact) mass is 153 g/mol. The topological polar surface area (TPSA) is 60.2 Å². The molecule has 2 atom stereocenters. The Kier molecular flexibility index (Phi) is 1.48. The third kappa shape index (κ3) is 1.40. The highest BCUT2D eigenvalue weighted by Gasteiger charge is 2.34. The molecule has 54 valence electrons. The summed E-state index contributed by atoms with van der Waals surface area (Å²) in [7, 11) is -3.14. The maximum atomic E-state index is 12.3. The maximum Gasteiger partial charge on any atom is 0.154 e. The SMILES string of the molecule is NC1CS(=O)(=O)CC1F. The van der Waals surface area contributed by atoms with Gasteiger partial charge < -0.3 is 5.73 Å². The summed E-state index contributed by atoms with van der Waals surface area (Å²) in [5, 5.41) is 0. The largest absolute Gasteiger partial charge is 0.324 e. The highest BCUT2D eigenvalue weighted by molar-refractivity contribution is 7.91. The van der Waals surface area contributed by atoms with Crippen LogP contribution in [0.15, 0.2) is 0 Å². The first-order valence-corrected chi connectivity index (χ1v) is 4.43. The van der Waals surface area contributed by atoms with Gasteiger partial charge in [0.2, 0.25) is 0 Å². The molecule has 1 saturated heterocycles. The Hall–Kier alpha value is -0.160. The number of hydrogen-bond donors (Lipinski definition) is 1. The number of alkyl halides is 1. The Morgan fingerprint density at radius 3 is 2.11 bits per heavy atom. The van der Waals surface area contributed by atoms with Gasteiger partial charge in [-0.2, -0.15) is 0 Å². The summed E-state index contributed by atoms with van der Waals surface area (Å²) < 4.78 is 33.4. The molecule has 0 saturated carbocycles. The number of halogens is 1. The van der Waals surface area contributed by atoms with E-state index in [1.807, 2.05) is 0 Å². The standard InChI is InChI=1S/C4H8FNO2S/c5-3-1-9(7,8)2-4(3)6/h3-4H,1-2,6H2.